The molecule has 0 atom stereocenters. The van der Waals surface area contributed by atoms with Crippen molar-refractivity contribution in [2.75, 3.05) is 0 Å². The molecule has 45 heavy (non-hydrogen) atoms. The van der Waals surface area contributed by atoms with E-state index in [1.807, 2.05) is 0 Å². The molecule has 2 N–H and O–H groups in total. The standard InChI is InChI=1S/C41H32N4/c1-25-10-4-7-13-30(25)39-33-18-16-28(42-33)24-29-17-19-34(43-29)40(31-14-8-5-11-26(31)2)36-21-23-38(45-36)41(37-22-20-35(39)44-37)32-15-9-6-12-27(32)3/h4-24,42,45H,1-3H3. The Bertz CT molecular complexity index is 2320. The fourth-order valence-electron chi connectivity index (χ4n) is 6.55. The van der Waals surface area contributed by atoms with E-state index in [-0.39, 0.29) is 0 Å². The number of fused-ring (bicyclic) bond motifs is 8. The smallest absolute Gasteiger partial charge is 0.0737 e. The van der Waals surface area contributed by atoms with Crippen molar-refractivity contribution in [3.05, 3.63) is 143 Å². The van der Waals surface area contributed by atoms with E-state index in [0.29, 0.717) is 0 Å². The van der Waals surface area contributed by atoms with Gasteiger partial charge < -0.3 is 9.97 Å². The molecule has 3 aromatic heterocycles. The van der Waals surface area contributed by atoms with E-state index in [2.05, 4.69) is 158 Å². The van der Waals surface area contributed by atoms with Gasteiger partial charge in [-0.15, -0.1) is 0 Å². The summed E-state index contributed by atoms with van der Waals surface area (Å²) in [4.78, 5) is 18.0. The Labute approximate surface area is 262 Å². The van der Waals surface area contributed by atoms with Crippen LogP contribution < -0.4 is 0 Å². The molecule has 5 heterocycles. The number of aromatic amines is 2. The van der Waals surface area contributed by atoms with Gasteiger partial charge in [0.2, 0.25) is 0 Å². The van der Waals surface area contributed by atoms with Crippen LogP contribution in [-0.2, 0) is 0 Å². The van der Waals surface area contributed by atoms with Gasteiger partial charge in [0.25, 0.3) is 0 Å². The highest BCUT2D eigenvalue weighted by atomic mass is 14.8. The molecule has 2 aliphatic rings. The largest absolute Gasteiger partial charge is 0.355 e. The Morgan fingerprint density at radius 3 is 1.36 bits per heavy atom. The Kier molecular flexibility index (Phi) is 6.42. The number of nitrogens with zero attached hydrogens (tertiary/aromatic N) is 2. The van der Waals surface area contributed by atoms with Crippen molar-refractivity contribution in [2.24, 2.45) is 0 Å². The fraction of sp³-hybridized carbons (Fsp3) is 0.0732. The fourth-order valence-corrected chi connectivity index (χ4v) is 6.55. The summed E-state index contributed by atoms with van der Waals surface area (Å²) in [5.74, 6) is 0. The van der Waals surface area contributed by atoms with Crippen LogP contribution in [0.3, 0.4) is 0 Å². The number of aryl methyl sites for hydroxylation is 3. The monoisotopic (exact) mass is 580 g/mol. The maximum Gasteiger partial charge on any atom is 0.0737 e. The van der Waals surface area contributed by atoms with Gasteiger partial charge in [0.1, 0.15) is 0 Å². The average molecular weight is 581 g/mol. The minimum atomic E-state index is 0.904. The topological polar surface area (TPSA) is 57.4 Å². The van der Waals surface area contributed by atoms with Gasteiger partial charge in [-0.25, -0.2) is 9.97 Å². The molecule has 4 nitrogen and oxygen atoms in total. The second-order valence-electron chi connectivity index (χ2n) is 11.8. The van der Waals surface area contributed by atoms with Crippen molar-refractivity contribution in [3.8, 4) is 33.4 Å². The summed E-state index contributed by atoms with van der Waals surface area (Å²) in [6, 6.07) is 36.3. The quantitative estimate of drug-likeness (QED) is 0.218. The third-order valence-corrected chi connectivity index (χ3v) is 8.82. The zero-order chi connectivity index (χ0) is 30.5. The van der Waals surface area contributed by atoms with Crippen LogP contribution in [0.2, 0.25) is 0 Å². The van der Waals surface area contributed by atoms with E-state index in [1.165, 1.54) is 16.7 Å². The molecule has 0 unspecified atom stereocenters. The molecule has 3 aromatic carbocycles. The van der Waals surface area contributed by atoms with Gasteiger partial charge in [-0.2, -0.15) is 0 Å². The van der Waals surface area contributed by atoms with E-state index in [0.717, 1.165) is 78.2 Å². The molecule has 8 bridgehead atoms. The van der Waals surface area contributed by atoms with E-state index in [9.17, 15) is 0 Å². The van der Waals surface area contributed by atoms with Crippen LogP contribution in [-0.4, -0.2) is 19.9 Å². The average Bonchev–Trinajstić information content (AvgIpc) is 3.87. The van der Waals surface area contributed by atoms with Gasteiger partial charge in [-0.1, -0.05) is 72.8 Å². The number of nitrogens with one attached hydrogen (secondary N) is 2. The predicted octanol–water partition coefficient (Wildman–Crippen LogP) is 10.6. The number of H-pyrrole nitrogens is 2. The molecule has 216 valence electrons. The van der Waals surface area contributed by atoms with Crippen LogP contribution in [0.1, 0.15) is 39.5 Å². The number of hydrogen-bond acceptors (Lipinski definition) is 2. The first-order valence-electron chi connectivity index (χ1n) is 15.3. The lowest BCUT2D eigenvalue weighted by atomic mass is 9.99. The summed E-state index contributed by atoms with van der Waals surface area (Å²) in [5, 5.41) is 0. The van der Waals surface area contributed by atoms with Gasteiger partial charge in [-0.05, 0) is 109 Å². The first kappa shape index (κ1) is 26.9. The van der Waals surface area contributed by atoms with E-state index < -0.39 is 0 Å². The second kappa shape index (κ2) is 10.8. The summed E-state index contributed by atoms with van der Waals surface area (Å²) >= 11 is 0. The lowest BCUT2D eigenvalue weighted by Crippen LogP contribution is -1.91. The maximum atomic E-state index is 5.36. The van der Waals surface area contributed by atoms with E-state index in [1.54, 1.807) is 0 Å². The summed E-state index contributed by atoms with van der Waals surface area (Å²) in [5.41, 5.74) is 18.0. The van der Waals surface area contributed by atoms with Gasteiger partial charge in [0.15, 0.2) is 0 Å². The van der Waals surface area contributed by atoms with Crippen LogP contribution >= 0.6 is 0 Å². The SMILES string of the molecule is Cc1ccccc1-c1c2nc(c(-c3ccccc3C)c3ccc([nH]3)c(-c3ccccc3C)c3nc(cc4ccc1[nH]4)C=C3)C=C2. The number of benzene rings is 3. The second-order valence-corrected chi connectivity index (χ2v) is 11.8. The maximum absolute atomic E-state index is 5.36. The van der Waals surface area contributed by atoms with Gasteiger partial charge in [0.05, 0.1) is 22.8 Å². The van der Waals surface area contributed by atoms with Crippen LogP contribution in [0.25, 0.3) is 79.8 Å². The first-order valence-corrected chi connectivity index (χ1v) is 15.3. The Hall–Kier alpha value is -5.74. The Morgan fingerprint density at radius 1 is 0.422 bits per heavy atom. The summed E-state index contributed by atoms with van der Waals surface area (Å²) in [6.45, 7) is 6.48. The highest BCUT2D eigenvalue weighted by Crippen LogP contribution is 2.38. The van der Waals surface area contributed by atoms with E-state index >= 15 is 0 Å². The predicted molar refractivity (Wildman–Crippen MR) is 189 cm³/mol. The molecular weight excluding hydrogens is 548 g/mol. The summed E-state index contributed by atoms with van der Waals surface area (Å²) in [6.07, 6.45) is 8.52. The minimum Gasteiger partial charge on any atom is -0.355 e. The molecule has 0 fully saturated rings. The molecule has 8 rings (SSSR count). The van der Waals surface area contributed by atoms with Crippen molar-refractivity contribution in [1.29, 1.82) is 0 Å². The van der Waals surface area contributed by atoms with Crippen molar-refractivity contribution < 1.29 is 0 Å². The third kappa shape index (κ3) is 4.72. The van der Waals surface area contributed by atoms with Crippen molar-refractivity contribution in [1.82, 2.24) is 19.9 Å². The molecule has 6 aromatic rings. The molecule has 0 aliphatic carbocycles. The normalized spacial score (nSPS) is 12.2. The van der Waals surface area contributed by atoms with Crippen LogP contribution in [0, 0.1) is 20.8 Å². The summed E-state index contributed by atoms with van der Waals surface area (Å²) in [7, 11) is 0. The molecule has 0 spiro atoms. The van der Waals surface area contributed by atoms with Crippen LogP contribution in [0.5, 0.6) is 0 Å². The lowest BCUT2D eigenvalue weighted by Gasteiger charge is -2.09. The number of rotatable bonds is 3. The molecular formula is C41H32N4. The van der Waals surface area contributed by atoms with E-state index in [4.69, 9.17) is 9.97 Å². The van der Waals surface area contributed by atoms with Crippen molar-refractivity contribution in [2.45, 2.75) is 20.8 Å². The lowest BCUT2D eigenvalue weighted by molar-refractivity contribution is 1.30. The highest BCUT2D eigenvalue weighted by Gasteiger charge is 2.18. The molecule has 0 saturated carbocycles. The molecule has 0 radical (unpaired) electrons. The molecule has 0 saturated heterocycles. The summed E-state index contributed by atoms with van der Waals surface area (Å²) < 4.78 is 0. The zero-order valence-corrected chi connectivity index (χ0v) is 25.5. The number of aromatic nitrogens is 4. The van der Waals surface area contributed by atoms with Crippen LogP contribution in [0.4, 0.5) is 0 Å². The Balaban J connectivity index is 1.57. The Morgan fingerprint density at radius 2 is 0.844 bits per heavy atom. The first-order chi connectivity index (χ1) is 22.0. The number of hydrogen-bond donors (Lipinski definition) is 2. The van der Waals surface area contributed by atoms with Gasteiger partial charge in [0, 0.05) is 38.8 Å². The molecule has 0 amide bonds. The van der Waals surface area contributed by atoms with Crippen molar-refractivity contribution >= 4 is 46.4 Å². The zero-order valence-electron chi connectivity index (χ0n) is 25.5. The van der Waals surface area contributed by atoms with Gasteiger partial charge >= 0.3 is 0 Å². The highest BCUT2D eigenvalue weighted by molar-refractivity contribution is 5.98. The van der Waals surface area contributed by atoms with Crippen LogP contribution in [0.15, 0.2) is 103 Å². The molecule has 2 aliphatic heterocycles. The molecule has 4 heteroatoms. The third-order valence-electron chi connectivity index (χ3n) is 8.82. The minimum absolute atomic E-state index is 0.904. The van der Waals surface area contributed by atoms with Gasteiger partial charge in [-0.3, -0.25) is 0 Å². The van der Waals surface area contributed by atoms with Crippen molar-refractivity contribution in [3.63, 3.8) is 0 Å².